The van der Waals surface area contributed by atoms with Gasteiger partial charge in [-0.25, -0.2) is 0 Å². The number of aliphatic hydroxyl groups excluding tert-OH is 1. The summed E-state index contributed by atoms with van der Waals surface area (Å²) in [6, 6.07) is 3.63. The second kappa shape index (κ2) is 8.26. The van der Waals surface area contributed by atoms with Gasteiger partial charge in [-0.3, -0.25) is 4.79 Å². The largest absolute Gasteiger partial charge is 0.395 e. The third kappa shape index (κ3) is 5.18. The summed E-state index contributed by atoms with van der Waals surface area (Å²) in [5, 5.41) is 8.90. The van der Waals surface area contributed by atoms with Crippen molar-refractivity contribution < 1.29 is 14.6 Å². The SMILES string of the molecule is COCCN(CCO)C(=O)/C=C/c1ccc(Cl)s1. The fourth-order valence-electron chi connectivity index (χ4n) is 1.33. The molecule has 1 amide bonds. The molecule has 0 unspecified atom stereocenters. The topological polar surface area (TPSA) is 49.8 Å². The van der Waals surface area contributed by atoms with Crippen LogP contribution in [0.25, 0.3) is 6.08 Å². The Hall–Kier alpha value is -0.880. The van der Waals surface area contributed by atoms with E-state index in [0.29, 0.717) is 24.0 Å². The van der Waals surface area contributed by atoms with E-state index in [0.717, 1.165) is 4.88 Å². The molecule has 6 heteroatoms. The van der Waals surface area contributed by atoms with Crippen molar-refractivity contribution in [1.82, 2.24) is 4.90 Å². The number of ether oxygens (including phenoxy) is 1. The number of amides is 1. The molecule has 0 saturated carbocycles. The van der Waals surface area contributed by atoms with Gasteiger partial charge >= 0.3 is 0 Å². The highest BCUT2D eigenvalue weighted by Gasteiger charge is 2.09. The molecule has 1 heterocycles. The first-order valence-corrected chi connectivity index (χ1v) is 6.69. The smallest absolute Gasteiger partial charge is 0.246 e. The van der Waals surface area contributed by atoms with Crippen LogP contribution in [0.5, 0.6) is 0 Å². The molecule has 0 saturated heterocycles. The second-order valence-corrected chi connectivity index (χ2v) is 5.26. The van der Waals surface area contributed by atoms with Gasteiger partial charge < -0.3 is 14.7 Å². The van der Waals surface area contributed by atoms with Crippen molar-refractivity contribution in [1.29, 1.82) is 0 Å². The summed E-state index contributed by atoms with van der Waals surface area (Å²) in [5.41, 5.74) is 0. The summed E-state index contributed by atoms with van der Waals surface area (Å²) < 4.78 is 5.61. The number of hydrogen-bond acceptors (Lipinski definition) is 4. The van der Waals surface area contributed by atoms with Crippen molar-refractivity contribution in [3.63, 3.8) is 0 Å². The summed E-state index contributed by atoms with van der Waals surface area (Å²) in [7, 11) is 1.57. The standard InChI is InChI=1S/C12H16ClNO3S/c1-17-9-7-14(6-8-15)12(16)5-3-10-2-4-11(13)18-10/h2-5,15H,6-9H2,1H3/b5-3+. The quantitative estimate of drug-likeness (QED) is 0.780. The zero-order valence-electron chi connectivity index (χ0n) is 10.1. The monoisotopic (exact) mass is 289 g/mol. The maximum absolute atomic E-state index is 11.9. The van der Waals surface area contributed by atoms with Crippen LogP contribution in [0.3, 0.4) is 0 Å². The second-order valence-electron chi connectivity index (χ2n) is 3.52. The van der Waals surface area contributed by atoms with Gasteiger partial charge in [0.25, 0.3) is 0 Å². The average Bonchev–Trinajstić information content (AvgIpc) is 2.77. The number of rotatable bonds is 7. The predicted molar refractivity (Wildman–Crippen MR) is 73.9 cm³/mol. The van der Waals surface area contributed by atoms with Crippen LogP contribution in [-0.4, -0.2) is 49.3 Å². The van der Waals surface area contributed by atoms with Crippen molar-refractivity contribution in [3.8, 4) is 0 Å². The Balaban J connectivity index is 2.57. The van der Waals surface area contributed by atoms with Gasteiger partial charge in [-0.2, -0.15) is 0 Å². The molecule has 1 aromatic heterocycles. The molecular formula is C12H16ClNO3S. The lowest BCUT2D eigenvalue weighted by atomic mass is 10.3. The number of halogens is 1. The van der Waals surface area contributed by atoms with Crippen molar-refractivity contribution in [3.05, 3.63) is 27.4 Å². The third-order valence-corrected chi connectivity index (χ3v) is 3.43. The van der Waals surface area contributed by atoms with Crippen LogP contribution in [0.15, 0.2) is 18.2 Å². The Morgan fingerprint density at radius 3 is 2.89 bits per heavy atom. The summed E-state index contributed by atoms with van der Waals surface area (Å²) >= 11 is 7.20. The molecular weight excluding hydrogens is 274 g/mol. The van der Waals surface area contributed by atoms with Crippen molar-refractivity contribution >= 4 is 34.9 Å². The summed E-state index contributed by atoms with van der Waals surface area (Å²) in [5.74, 6) is -0.148. The van der Waals surface area contributed by atoms with E-state index in [9.17, 15) is 4.79 Å². The van der Waals surface area contributed by atoms with E-state index >= 15 is 0 Å². The number of methoxy groups -OCH3 is 1. The Kier molecular flexibility index (Phi) is 6.97. The van der Waals surface area contributed by atoms with Gasteiger partial charge in [-0.15, -0.1) is 11.3 Å². The van der Waals surface area contributed by atoms with E-state index in [4.69, 9.17) is 21.4 Å². The van der Waals surface area contributed by atoms with Gasteiger partial charge in [0, 0.05) is 31.2 Å². The Bertz CT molecular complexity index is 406. The molecule has 0 fully saturated rings. The van der Waals surface area contributed by atoms with Crippen LogP contribution in [0.1, 0.15) is 4.88 Å². The van der Waals surface area contributed by atoms with Gasteiger partial charge in [-0.05, 0) is 18.2 Å². The number of thiophene rings is 1. The summed E-state index contributed by atoms with van der Waals surface area (Å²) in [4.78, 5) is 14.3. The number of aliphatic hydroxyl groups is 1. The van der Waals surface area contributed by atoms with Crippen LogP contribution >= 0.6 is 22.9 Å². The molecule has 0 aliphatic rings. The van der Waals surface area contributed by atoms with Crippen LogP contribution < -0.4 is 0 Å². The molecule has 0 bridgehead atoms. The van der Waals surface area contributed by atoms with E-state index in [-0.39, 0.29) is 12.5 Å². The lowest BCUT2D eigenvalue weighted by molar-refractivity contribution is -0.127. The molecule has 0 aliphatic heterocycles. The summed E-state index contributed by atoms with van der Waals surface area (Å²) in [6.45, 7) is 1.15. The van der Waals surface area contributed by atoms with Crippen LogP contribution in [-0.2, 0) is 9.53 Å². The molecule has 0 aliphatic carbocycles. The van der Waals surface area contributed by atoms with Gasteiger partial charge in [0.05, 0.1) is 17.6 Å². The minimum absolute atomic E-state index is 0.0614. The molecule has 0 aromatic carbocycles. The molecule has 1 N–H and O–H groups in total. The highest BCUT2D eigenvalue weighted by Crippen LogP contribution is 2.22. The minimum Gasteiger partial charge on any atom is -0.395 e. The summed E-state index contributed by atoms with van der Waals surface area (Å²) in [6.07, 6.45) is 3.20. The van der Waals surface area contributed by atoms with Gasteiger partial charge in [0.15, 0.2) is 0 Å². The zero-order valence-corrected chi connectivity index (χ0v) is 11.7. The molecule has 0 radical (unpaired) electrons. The van der Waals surface area contributed by atoms with Gasteiger partial charge in [-0.1, -0.05) is 11.6 Å². The molecule has 18 heavy (non-hydrogen) atoms. The Morgan fingerprint density at radius 2 is 2.33 bits per heavy atom. The van der Waals surface area contributed by atoms with E-state index in [1.165, 1.54) is 22.3 Å². The van der Waals surface area contributed by atoms with E-state index in [1.54, 1.807) is 19.3 Å². The van der Waals surface area contributed by atoms with Gasteiger partial charge in [0.1, 0.15) is 0 Å². The molecule has 0 atom stereocenters. The highest BCUT2D eigenvalue weighted by molar-refractivity contribution is 7.17. The zero-order chi connectivity index (χ0) is 13.4. The molecule has 0 spiro atoms. The molecule has 1 rings (SSSR count). The number of hydrogen-bond donors (Lipinski definition) is 1. The van der Waals surface area contributed by atoms with Gasteiger partial charge in [0.2, 0.25) is 5.91 Å². The fourth-order valence-corrected chi connectivity index (χ4v) is 2.29. The van der Waals surface area contributed by atoms with Crippen molar-refractivity contribution in [2.75, 3.05) is 33.4 Å². The third-order valence-electron chi connectivity index (χ3n) is 2.23. The first-order chi connectivity index (χ1) is 8.67. The van der Waals surface area contributed by atoms with Crippen molar-refractivity contribution in [2.45, 2.75) is 0 Å². The van der Waals surface area contributed by atoms with Crippen LogP contribution in [0.2, 0.25) is 4.34 Å². The number of carbonyl (C=O) groups excluding carboxylic acids is 1. The van der Waals surface area contributed by atoms with Crippen molar-refractivity contribution in [2.24, 2.45) is 0 Å². The molecule has 4 nitrogen and oxygen atoms in total. The first kappa shape index (κ1) is 15.2. The maximum atomic E-state index is 11.9. The lowest BCUT2D eigenvalue weighted by Gasteiger charge is -2.19. The van der Waals surface area contributed by atoms with Crippen LogP contribution in [0, 0.1) is 0 Å². The van der Waals surface area contributed by atoms with E-state index in [1.807, 2.05) is 6.07 Å². The fraction of sp³-hybridized carbons (Fsp3) is 0.417. The first-order valence-electron chi connectivity index (χ1n) is 5.49. The Morgan fingerprint density at radius 1 is 1.56 bits per heavy atom. The Labute approximate surface area is 115 Å². The highest BCUT2D eigenvalue weighted by atomic mass is 35.5. The molecule has 100 valence electrons. The number of carbonyl (C=O) groups is 1. The predicted octanol–water partition coefficient (Wildman–Crippen LogP) is 1.88. The average molecular weight is 290 g/mol. The minimum atomic E-state index is -0.148. The number of nitrogens with zero attached hydrogens (tertiary/aromatic N) is 1. The lowest BCUT2D eigenvalue weighted by Crippen LogP contribution is -2.34. The van der Waals surface area contributed by atoms with E-state index < -0.39 is 0 Å². The molecule has 1 aromatic rings. The maximum Gasteiger partial charge on any atom is 0.246 e. The van der Waals surface area contributed by atoms with Crippen LogP contribution in [0.4, 0.5) is 0 Å². The van der Waals surface area contributed by atoms with E-state index in [2.05, 4.69) is 0 Å². The normalized spacial score (nSPS) is 11.1.